The van der Waals surface area contributed by atoms with Gasteiger partial charge in [0.2, 0.25) is 0 Å². The number of hydrogen-bond donors (Lipinski definition) is 2. The SMILES string of the molecule is CNC(C)(CCSc1nnc2ccccn12)C(=O)O. The third kappa shape index (κ3) is 2.87. The van der Waals surface area contributed by atoms with E-state index in [1.54, 1.807) is 14.0 Å². The molecular formula is C12H16N4O2S. The summed E-state index contributed by atoms with van der Waals surface area (Å²) >= 11 is 1.50. The highest BCUT2D eigenvalue weighted by Gasteiger charge is 2.30. The van der Waals surface area contributed by atoms with Crippen LogP contribution in [-0.2, 0) is 4.79 Å². The molecule has 0 radical (unpaired) electrons. The van der Waals surface area contributed by atoms with Gasteiger partial charge in [0.1, 0.15) is 5.54 Å². The van der Waals surface area contributed by atoms with Crippen LogP contribution in [-0.4, -0.2) is 44.0 Å². The Hall–Kier alpha value is -1.60. The van der Waals surface area contributed by atoms with Crippen LogP contribution in [0.3, 0.4) is 0 Å². The van der Waals surface area contributed by atoms with E-state index in [2.05, 4.69) is 15.5 Å². The number of carboxylic acid groups (broad SMARTS) is 1. The molecule has 0 aliphatic heterocycles. The van der Waals surface area contributed by atoms with Crippen molar-refractivity contribution >= 4 is 23.4 Å². The van der Waals surface area contributed by atoms with E-state index >= 15 is 0 Å². The number of hydrogen-bond acceptors (Lipinski definition) is 5. The Morgan fingerprint density at radius 1 is 1.53 bits per heavy atom. The third-order valence-corrected chi connectivity index (χ3v) is 4.08. The summed E-state index contributed by atoms with van der Waals surface area (Å²) in [5, 5.41) is 20.9. The van der Waals surface area contributed by atoms with E-state index in [-0.39, 0.29) is 0 Å². The Labute approximate surface area is 115 Å². The number of likely N-dealkylation sites (N-methyl/N-ethyl adjacent to an activating group) is 1. The lowest BCUT2D eigenvalue weighted by atomic mass is 10.00. The third-order valence-electron chi connectivity index (χ3n) is 3.14. The second-order valence-corrected chi connectivity index (χ2v) is 5.46. The van der Waals surface area contributed by atoms with E-state index in [1.807, 2.05) is 28.8 Å². The standard InChI is InChI=1S/C12H16N4O2S/c1-12(13-2,10(17)18)6-8-19-11-15-14-9-5-3-4-7-16(9)11/h3-5,7,13H,6,8H2,1-2H3,(H,17,18). The van der Waals surface area contributed by atoms with Crippen LogP contribution in [0.2, 0.25) is 0 Å². The van der Waals surface area contributed by atoms with Crippen molar-refractivity contribution in [1.82, 2.24) is 19.9 Å². The first-order valence-electron chi connectivity index (χ1n) is 5.92. The number of carbonyl (C=O) groups is 1. The van der Waals surface area contributed by atoms with E-state index in [9.17, 15) is 4.79 Å². The zero-order chi connectivity index (χ0) is 13.9. The molecule has 0 fully saturated rings. The van der Waals surface area contributed by atoms with Gasteiger partial charge in [-0.15, -0.1) is 10.2 Å². The van der Waals surface area contributed by atoms with E-state index in [4.69, 9.17) is 5.11 Å². The molecular weight excluding hydrogens is 264 g/mol. The maximum absolute atomic E-state index is 11.2. The number of thioether (sulfide) groups is 1. The van der Waals surface area contributed by atoms with E-state index < -0.39 is 11.5 Å². The summed E-state index contributed by atoms with van der Waals surface area (Å²) < 4.78 is 1.89. The van der Waals surface area contributed by atoms with Crippen LogP contribution in [0.25, 0.3) is 5.65 Å². The van der Waals surface area contributed by atoms with Crippen molar-refractivity contribution in [3.05, 3.63) is 24.4 Å². The molecule has 2 aromatic heterocycles. The number of carboxylic acids is 1. The lowest BCUT2D eigenvalue weighted by Gasteiger charge is -2.23. The Morgan fingerprint density at radius 3 is 3.00 bits per heavy atom. The molecule has 102 valence electrons. The topological polar surface area (TPSA) is 79.5 Å². The van der Waals surface area contributed by atoms with Crippen LogP contribution < -0.4 is 5.32 Å². The van der Waals surface area contributed by atoms with Gasteiger partial charge in [-0.25, -0.2) is 0 Å². The fraction of sp³-hybridized carbons (Fsp3) is 0.417. The summed E-state index contributed by atoms with van der Waals surface area (Å²) in [4.78, 5) is 11.2. The predicted octanol–water partition coefficient (Wildman–Crippen LogP) is 1.27. The molecule has 2 heterocycles. The van der Waals surface area contributed by atoms with Crippen molar-refractivity contribution < 1.29 is 9.90 Å². The first-order valence-corrected chi connectivity index (χ1v) is 6.90. The van der Waals surface area contributed by atoms with E-state index in [0.29, 0.717) is 12.2 Å². The number of fused-ring (bicyclic) bond motifs is 1. The molecule has 6 nitrogen and oxygen atoms in total. The molecule has 0 amide bonds. The molecule has 0 aliphatic carbocycles. The fourth-order valence-electron chi connectivity index (χ4n) is 1.60. The summed E-state index contributed by atoms with van der Waals surface area (Å²) in [6, 6.07) is 5.70. The molecule has 0 aliphatic rings. The zero-order valence-electron chi connectivity index (χ0n) is 10.8. The number of aliphatic carboxylic acids is 1. The smallest absolute Gasteiger partial charge is 0.323 e. The zero-order valence-corrected chi connectivity index (χ0v) is 11.6. The van der Waals surface area contributed by atoms with Crippen LogP contribution in [0, 0.1) is 0 Å². The number of nitrogens with zero attached hydrogens (tertiary/aromatic N) is 3. The van der Waals surface area contributed by atoms with Gasteiger partial charge in [-0.2, -0.15) is 0 Å². The number of aromatic nitrogens is 3. The van der Waals surface area contributed by atoms with Crippen molar-refractivity contribution in [2.75, 3.05) is 12.8 Å². The Bertz CT molecular complexity index is 586. The number of rotatable bonds is 6. The average molecular weight is 280 g/mol. The predicted molar refractivity (Wildman–Crippen MR) is 73.4 cm³/mol. The minimum atomic E-state index is -0.909. The van der Waals surface area contributed by atoms with Crippen molar-refractivity contribution in [1.29, 1.82) is 0 Å². The molecule has 0 aromatic carbocycles. The van der Waals surface area contributed by atoms with Crippen LogP contribution in [0.1, 0.15) is 13.3 Å². The molecule has 0 spiro atoms. The molecule has 2 N–H and O–H groups in total. The van der Waals surface area contributed by atoms with Gasteiger partial charge >= 0.3 is 5.97 Å². The maximum Gasteiger partial charge on any atom is 0.323 e. The quantitative estimate of drug-likeness (QED) is 0.776. The lowest BCUT2D eigenvalue weighted by molar-refractivity contribution is -0.144. The van der Waals surface area contributed by atoms with E-state index in [1.165, 1.54) is 11.8 Å². The van der Waals surface area contributed by atoms with Crippen LogP contribution in [0.5, 0.6) is 0 Å². The first-order chi connectivity index (χ1) is 9.07. The molecule has 0 saturated carbocycles. The number of nitrogens with one attached hydrogen (secondary N) is 1. The Kier molecular flexibility index (Phi) is 4.06. The maximum atomic E-state index is 11.2. The molecule has 7 heteroatoms. The fourth-order valence-corrected chi connectivity index (χ4v) is 2.69. The van der Waals surface area contributed by atoms with Gasteiger partial charge in [0, 0.05) is 11.9 Å². The minimum Gasteiger partial charge on any atom is -0.480 e. The number of pyridine rings is 1. The van der Waals surface area contributed by atoms with E-state index in [0.717, 1.165) is 10.8 Å². The monoisotopic (exact) mass is 280 g/mol. The summed E-state index contributed by atoms with van der Waals surface area (Å²) in [7, 11) is 1.66. The molecule has 0 bridgehead atoms. The highest BCUT2D eigenvalue weighted by molar-refractivity contribution is 7.99. The van der Waals surface area contributed by atoms with Gasteiger partial charge in [-0.1, -0.05) is 17.8 Å². The highest BCUT2D eigenvalue weighted by Crippen LogP contribution is 2.21. The highest BCUT2D eigenvalue weighted by atomic mass is 32.2. The van der Waals surface area contributed by atoms with Crippen molar-refractivity contribution in [3.8, 4) is 0 Å². The summed E-state index contributed by atoms with van der Waals surface area (Å²) in [6.45, 7) is 1.68. The van der Waals surface area contributed by atoms with Crippen molar-refractivity contribution in [3.63, 3.8) is 0 Å². The van der Waals surface area contributed by atoms with Crippen LogP contribution in [0.15, 0.2) is 29.6 Å². The van der Waals surface area contributed by atoms with Gasteiger partial charge in [0.05, 0.1) is 0 Å². The largest absolute Gasteiger partial charge is 0.480 e. The second kappa shape index (κ2) is 5.58. The van der Waals surface area contributed by atoms with Crippen LogP contribution >= 0.6 is 11.8 Å². The second-order valence-electron chi connectivity index (χ2n) is 4.40. The lowest BCUT2D eigenvalue weighted by Crippen LogP contribution is -2.47. The van der Waals surface area contributed by atoms with Crippen molar-refractivity contribution in [2.24, 2.45) is 0 Å². The first kappa shape index (κ1) is 13.8. The normalized spacial score (nSPS) is 14.4. The Morgan fingerprint density at radius 2 is 2.32 bits per heavy atom. The molecule has 1 atom stereocenters. The van der Waals surface area contributed by atoms with Gasteiger partial charge in [-0.05, 0) is 32.5 Å². The summed E-state index contributed by atoms with van der Waals surface area (Å²) in [5.74, 6) is -0.194. The van der Waals surface area contributed by atoms with Crippen molar-refractivity contribution in [2.45, 2.75) is 24.0 Å². The average Bonchev–Trinajstić information content (AvgIpc) is 2.82. The molecule has 2 aromatic rings. The summed E-state index contributed by atoms with van der Waals surface area (Å²) in [5.41, 5.74) is -0.118. The molecule has 1 unspecified atom stereocenters. The van der Waals surface area contributed by atoms with Gasteiger partial charge in [0.25, 0.3) is 0 Å². The molecule has 2 rings (SSSR count). The van der Waals surface area contributed by atoms with Gasteiger partial charge in [-0.3, -0.25) is 9.20 Å². The van der Waals surface area contributed by atoms with Gasteiger partial charge in [0.15, 0.2) is 10.8 Å². The van der Waals surface area contributed by atoms with Crippen LogP contribution in [0.4, 0.5) is 0 Å². The van der Waals surface area contributed by atoms with Gasteiger partial charge < -0.3 is 10.4 Å². The molecule has 0 saturated heterocycles. The summed E-state index contributed by atoms with van der Waals surface area (Å²) in [6.07, 6.45) is 2.40. The molecule has 19 heavy (non-hydrogen) atoms. The Balaban J connectivity index is 2.01. The minimum absolute atomic E-state index is 0.505.